The van der Waals surface area contributed by atoms with Crippen molar-refractivity contribution in [1.82, 2.24) is 9.62 Å². The lowest BCUT2D eigenvalue weighted by molar-refractivity contribution is 0.211. The Balaban J connectivity index is 1.32. The average Bonchev–Trinajstić information content (AvgIpc) is 2.73. The monoisotopic (exact) mass is 384 g/mol. The van der Waals surface area contributed by atoms with Gasteiger partial charge in [0.2, 0.25) is 0 Å². The summed E-state index contributed by atoms with van der Waals surface area (Å²) in [5, 5.41) is 0. The van der Waals surface area contributed by atoms with Gasteiger partial charge in [-0.2, -0.15) is 0 Å². The molecule has 0 bridgehead atoms. The first-order valence-corrected chi connectivity index (χ1v) is 11.3. The third-order valence-corrected chi connectivity index (χ3v) is 5.80. The molecule has 1 heterocycles. The van der Waals surface area contributed by atoms with Crippen molar-refractivity contribution in [2.24, 2.45) is 0 Å². The Morgan fingerprint density at radius 3 is 2.37 bits per heavy atom. The molecule has 146 valence electrons. The van der Waals surface area contributed by atoms with E-state index < -0.39 is 0 Å². The fourth-order valence-corrected chi connectivity index (χ4v) is 4.16. The van der Waals surface area contributed by atoms with Crippen molar-refractivity contribution in [2.75, 3.05) is 32.5 Å². The van der Waals surface area contributed by atoms with Gasteiger partial charge < -0.3 is 9.64 Å². The van der Waals surface area contributed by atoms with Crippen LogP contribution in [0.15, 0.2) is 54.6 Å². The molecule has 0 saturated carbocycles. The summed E-state index contributed by atoms with van der Waals surface area (Å²) in [7, 11) is 0. The van der Waals surface area contributed by atoms with Crippen LogP contribution >= 0.6 is 11.9 Å². The summed E-state index contributed by atoms with van der Waals surface area (Å²) in [6.45, 7) is 4.35. The van der Waals surface area contributed by atoms with Gasteiger partial charge in [0.1, 0.15) is 5.75 Å². The molecular formula is C23H32N2OS. The molecule has 1 saturated heterocycles. The zero-order valence-electron chi connectivity index (χ0n) is 16.4. The second-order valence-corrected chi connectivity index (χ2v) is 7.91. The number of nitrogens with zero attached hydrogens (tertiary/aromatic N) is 1. The van der Waals surface area contributed by atoms with E-state index in [2.05, 4.69) is 70.5 Å². The quantitative estimate of drug-likeness (QED) is 0.479. The van der Waals surface area contributed by atoms with Crippen molar-refractivity contribution < 1.29 is 4.74 Å². The Morgan fingerprint density at radius 2 is 1.67 bits per heavy atom. The van der Waals surface area contributed by atoms with E-state index >= 15 is 0 Å². The third-order valence-electron chi connectivity index (χ3n) is 5.23. The van der Waals surface area contributed by atoms with Gasteiger partial charge in [0.15, 0.2) is 0 Å². The van der Waals surface area contributed by atoms with E-state index in [-0.39, 0.29) is 0 Å². The SMILES string of the molecule is CSNC1CCN(CCc2ccc(OCCCc3ccccc3)cc2)CC1. The van der Waals surface area contributed by atoms with Gasteiger partial charge in [-0.05, 0) is 74.7 Å². The summed E-state index contributed by atoms with van der Waals surface area (Å²) in [4.78, 5) is 2.59. The first kappa shape index (κ1) is 20.2. The largest absolute Gasteiger partial charge is 0.494 e. The summed E-state index contributed by atoms with van der Waals surface area (Å²) in [5.74, 6) is 0.982. The highest BCUT2D eigenvalue weighted by atomic mass is 32.2. The van der Waals surface area contributed by atoms with Crippen LogP contribution in [-0.4, -0.2) is 43.4 Å². The van der Waals surface area contributed by atoms with Crippen molar-refractivity contribution in [3.63, 3.8) is 0 Å². The van der Waals surface area contributed by atoms with Gasteiger partial charge >= 0.3 is 0 Å². The van der Waals surface area contributed by atoms with Gasteiger partial charge in [-0.15, -0.1) is 0 Å². The first-order valence-electron chi connectivity index (χ1n) is 10.1. The number of hydrogen-bond acceptors (Lipinski definition) is 4. The van der Waals surface area contributed by atoms with Crippen molar-refractivity contribution in [3.05, 3.63) is 65.7 Å². The molecule has 2 aromatic carbocycles. The molecule has 1 aliphatic heterocycles. The number of ether oxygens (including phenoxy) is 1. The van der Waals surface area contributed by atoms with Crippen LogP contribution in [0, 0.1) is 0 Å². The van der Waals surface area contributed by atoms with Crippen LogP contribution in [0.5, 0.6) is 5.75 Å². The van der Waals surface area contributed by atoms with Crippen LogP contribution in [0.1, 0.15) is 30.4 Å². The molecule has 0 radical (unpaired) electrons. The van der Waals surface area contributed by atoms with Crippen molar-refractivity contribution in [2.45, 2.75) is 38.1 Å². The summed E-state index contributed by atoms with van der Waals surface area (Å²) in [6.07, 6.45) is 7.88. The average molecular weight is 385 g/mol. The molecule has 0 atom stereocenters. The van der Waals surface area contributed by atoms with E-state index in [1.54, 1.807) is 11.9 Å². The smallest absolute Gasteiger partial charge is 0.119 e. The normalized spacial score (nSPS) is 15.7. The molecular weight excluding hydrogens is 352 g/mol. The van der Waals surface area contributed by atoms with Crippen molar-refractivity contribution >= 4 is 11.9 Å². The molecule has 0 unspecified atom stereocenters. The molecule has 4 heteroatoms. The zero-order valence-corrected chi connectivity index (χ0v) is 17.2. The lowest BCUT2D eigenvalue weighted by Crippen LogP contribution is -2.41. The predicted molar refractivity (Wildman–Crippen MR) is 117 cm³/mol. The molecule has 0 spiro atoms. The first-order chi connectivity index (χ1) is 13.3. The van der Waals surface area contributed by atoms with Crippen molar-refractivity contribution in [3.8, 4) is 5.75 Å². The number of piperidine rings is 1. The second-order valence-electron chi connectivity index (χ2n) is 7.27. The zero-order chi connectivity index (χ0) is 18.7. The summed E-state index contributed by atoms with van der Waals surface area (Å²) in [5.41, 5.74) is 2.78. The summed E-state index contributed by atoms with van der Waals surface area (Å²) >= 11 is 1.75. The Kier molecular flexibility index (Phi) is 8.53. The Morgan fingerprint density at radius 1 is 0.963 bits per heavy atom. The maximum atomic E-state index is 5.89. The van der Waals surface area contributed by atoms with Crippen LogP contribution in [0.25, 0.3) is 0 Å². The van der Waals surface area contributed by atoms with Crippen LogP contribution in [-0.2, 0) is 12.8 Å². The minimum atomic E-state index is 0.689. The maximum Gasteiger partial charge on any atom is 0.119 e. The van der Waals surface area contributed by atoms with Gasteiger partial charge in [-0.25, -0.2) is 0 Å². The molecule has 0 amide bonds. The molecule has 0 aliphatic carbocycles. The van der Waals surface area contributed by atoms with E-state index in [0.29, 0.717) is 6.04 Å². The number of benzene rings is 2. The molecule has 1 aliphatic rings. The lowest BCUT2D eigenvalue weighted by atomic mass is 10.1. The Labute approximate surface area is 168 Å². The van der Waals surface area contributed by atoms with E-state index in [1.807, 2.05) is 0 Å². The fraction of sp³-hybridized carbons (Fsp3) is 0.478. The molecule has 0 aromatic heterocycles. The number of nitrogens with one attached hydrogen (secondary N) is 1. The topological polar surface area (TPSA) is 24.5 Å². The number of rotatable bonds is 10. The molecule has 3 rings (SSSR count). The van der Waals surface area contributed by atoms with Crippen LogP contribution in [0.2, 0.25) is 0 Å². The number of aryl methyl sites for hydroxylation is 1. The van der Waals surface area contributed by atoms with Crippen LogP contribution < -0.4 is 9.46 Å². The minimum absolute atomic E-state index is 0.689. The van der Waals surface area contributed by atoms with Crippen molar-refractivity contribution in [1.29, 1.82) is 0 Å². The van der Waals surface area contributed by atoms with Gasteiger partial charge in [-0.1, -0.05) is 54.4 Å². The van der Waals surface area contributed by atoms with Gasteiger partial charge in [0.25, 0.3) is 0 Å². The van der Waals surface area contributed by atoms with Gasteiger partial charge in [0, 0.05) is 12.6 Å². The van der Waals surface area contributed by atoms with Crippen LogP contribution in [0.4, 0.5) is 0 Å². The number of likely N-dealkylation sites (tertiary alicyclic amines) is 1. The van der Waals surface area contributed by atoms with E-state index in [9.17, 15) is 0 Å². The second kappa shape index (κ2) is 11.4. The maximum absolute atomic E-state index is 5.89. The molecule has 2 aromatic rings. The fourth-order valence-electron chi connectivity index (χ4n) is 3.59. The summed E-state index contributed by atoms with van der Waals surface area (Å²) < 4.78 is 9.38. The predicted octanol–water partition coefficient (Wildman–Crippen LogP) is 4.57. The lowest BCUT2D eigenvalue weighted by Gasteiger charge is -2.31. The van der Waals surface area contributed by atoms with E-state index in [1.165, 1.54) is 37.1 Å². The standard InChI is InChI=1S/C23H32N2OS/c1-27-24-22-14-17-25(18-15-22)16-13-21-9-11-23(12-10-21)26-19-5-8-20-6-3-2-4-7-20/h2-4,6-7,9-12,22,24H,5,8,13-19H2,1H3. The van der Waals surface area contributed by atoms with Gasteiger partial charge in [0.05, 0.1) is 6.61 Å². The van der Waals surface area contributed by atoms with E-state index in [4.69, 9.17) is 4.74 Å². The molecule has 27 heavy (non-hydrogen) atoms. The van der Waals surface area contributed by atoms with Gasteiger partial charge in [-0.3, -0.25) is 4.72 Å². The van der Waals surface area contributed by atoms with E-state index in [0.717, 1.165) is 38.2 Å². The highest BCUT2D eigenvalue weighted by molar-refractivity contribution is 7.96. The third kappa shape index (κ3) is 7.21. The molecule has 1 fully saturated rings. The van der Waals surface area contributed by atoms with Crippen LogP contribution in [0.3, 0.4) is 0 Å². The highest BCUT2D eigenvalue weighted by Gasteiger charge is 2.18. The number of hydrogen-bond donors (Lipinski definition) is 1. The Hall–Kier alpha value is -1.49. The highest BCUT2D eigenvalue weighted by Crippen LogP contribution is 2.16. The molecule has 3 nitrogen and oxygen atoms in total. The molecule has 1 N–H and O–H groups in total. The Bertz CT molecular complexity index is 639. The summed E-state index contributed by atoms with van der Waals surface area (Å²) in [6, 6.07) is 20.0. The minimum Gasteiger partial charge on any atom is -0.494 e.